The fourth-order valence-corrected chi connectivity index (χ4v) is 3.16. The van der Waals surface area contributed by atoms with Gasteiger partial charge in [0.15, 0.2) is 0 Å². The summed E-state index contributed by atoms with van der Waals surface area (Å²) in [6.45, 7) is 0.673. The zero-order chi connectivity index (χ0) is 15.2. The molecule has 1 aromatic heterocycles. The van der Waals surface area contributed by atoms with Gasteiger partial charge in [-0.15, -0.1) is 0 Å². The van der Waals surface area contributed by atoms with Crippen molar-refractivity contribution in [3.8, 4) is 0 Å². The maximum absolute atomic E-state index is 12.1. The molecule has 116 valence electrons. The molecule has 1 aromatic carbocycles. The van der Waals surface area contributed by atoms with Crippen molar-refractivity contribution in [2.24, 2.45) is 5.92 Å². The van der Waals surface area contributed by atoms with E-state index < -0.39 is 0 Å². The van der Waals surface area contributed by atoms with Gasteiger partial charge in [0.1, 0.15) is 5.82 Å². The molecule has 0 spiro atoms. The van der Waals surface area contributed by atoms with Gasteiger partial charge >= 0.3 is 0 Å². The third kappa shape index (κ3) is 3.97. The molecule has 22 heavy (non-hydrogen) atoms. The summed E-state index contributed by atoms with van der Waals surface area (Å²) in [4.78, 5) is 12.1. The highest BCUT2D eigenvalue weighted by Gasteiger charge is 2.16. The van der Waals surface area contributed by atoms with Crippen LogP contribution in [0.4, 0.5) is 5.82 Å². The molecule has 1 aliphatic carbocycles. The molecule has 1 heterocycles. The minimum atomic E-state index is 0.0988. The van der Waals surface area contributed by atoms with Crippen LogP contribution in [0.25, 0.3) is 0 Å². The topological polar surface area (TPSA) is 46.9 Å². The number of nitrogens with zero attached hydrogens (tertiary/aromatic N) is 2. The Labute approximate surface area is 131 Å². The SMILES string of the molecule is O=C(CCC1CCCC1)Nc1ccnn1Cc1ccccc1. The highest BCUT2D eigenvalue weighted by atomic mass is 16.1. The average molecular weight is 297 g/mol. The summed E-state index contributed by atoms with van der Waals surface area (Å²) in [6.07, 6.45) is 8.60. The number of nitrogens with one attached hydrogen (secondary N) is 1. The Morgan fingerprint density at radius 3 is 2.73 bits per heavy atom. The maximum atomic E-state index is 12.1. The number of anilines is 1. The second-order valence-corrected chi connectivity index (χ2v) is 6.10. The van der Waals surface area contributed by atoms with Gasteiger partial charge in [0.2, 0.25) is 5.91 Å². The molecular formula is C18H23N3O. The van der Waals surface area contributed by atoms with Crippen LogP contribution in [0.2, 0.25) is 0 Å². The fourth-order valence-electron chi connectivity index (χ4n) is 3.16. The monoisotopic (exact) mass is 297 g/mol. The van der Waals surface area contributed by atoms with Gasteiger partial charge in [-0.3, -0.25) is 4.79 Å². The standard InChI is InChI=1S/C18H23N3O/c22-18(11-10-15-6-4-5-7-15)20-17-12-13-19-21(17)14-16-8-2-1-3-9-16/h1-3,8-9,12-13,15H,4-7,10-11,14H2,(H,20,22). The number of amides is 1. The molecule has 4 nitrogen and oxygen atoms in total. The molecule has 3 rings (SSSR count). The lowest BCUT2D eigenvalue weighted by Crippen LogP contribution is -2.16. The van der Waals surface area contributed by atoms with E-state index in [-0.39, 0.29) is 5.91 Å². The van der Waals surface area contributed by atoms with Crippen LogP contribution in [0.1, 0.15) is 44.1 Å². The molecule has 1 fully saturated rings. The van der Waals surface area contributed by atoms with E-state index in [4.69, 9.17) is 0 Å². The lowest BCUT2D eigenvalue weighted by Gasteiger charge is -2.11. The molecule has 1 saturated carbocycles. The highest BCUT2D eigenvalue weighted by Crippen LogP contribution is 2.28. The summed E-state index contributed by atoms with van der Waals surface area (Å²) in [7, 11) is 0. The van der Waals surface area contributed by atoms with E-state index in [0.717, 1.165) is 18.2 Å². The van der Waals surface area contributed by atoms with Crippen LogP contribution in [0, 0.1) is 5.92 Å². The predicted octanol–water partition coefficient (Wildman–Crippen LogP) is 3.84. The molecule has 0 radical (unpaired) electrons. The van der Waals surface area contributed by atoms with Gasteiger partial charge in [0.05, 0.1) is 12.7 Å². The van der Waals surface area contributed by atoms with Crippen LogP contribution >= 0.6 is 0 Å². The van der Waals surface area contributed by atoms with Crippen molar-refractivity contribution in [1.82, 2.24) is 9.78 Å². The molecule has 0 aliphatic heterocycles. The van der Waals surface area contributed by atoms with Gasteiger partial charge in [0, 0.05) is 12.5 Å². The van der Waals surface area contributed by atoms with E-state index in [0.29, 0.717) is 13.0 Å². The molecule has 1 N–H and O–H groups in total. The summed E-state index contributed by atoms with van der Waals surface area (Å²) in [5.74, 6) is 1.63. The summed E-state index contributed by atoms with van der Waals surface area (Å²) < 4.78 is 1.84. The summed E-state index contributed by atoms with van der Waals surface area (Å²) >= 11 is 0. The first-order valence-corrected chi connectivity index (χ1v) is 8.17. The van der Waals surface area contributed by atoms with Crippen LogP contribution < -0.4 is 5.32 Å². The Morgan fingerprint density at radius 1 is 1.18 bits per heavy atom. The molecule has 1 aliphatic rings. The summed E-state index contributed by atoms with van der Waals surface area (Å²) in [5, 5.41) is 7.30. The number of carbonyl (C=O) groups is 1. The Hall–Kier alpha value is -2.10. The highest BCUT2D eigenvalue weighted by molar-refractivity contribution is 5.89. The number of hydrogen-bond donors (Lipinski definition) is 1. The van der Waals surface area contributed by atoms with Crippen LogP contribution in [-0.2, 0) is 11.3 Å². The Bertz CT molecular complexity index is 600. The Kier molecular flexibility index (Phi) is 4.88. The van der Waals surface area contributed by atoms with Gasteiger partial charge in [-0.05, 0) is 17.9 Å². The lowest BCUT2D eigenvalue weighted by molar-refractivity contribution is -0.116. The molecule has 4 heteroatoms. The van der Waals surface area contributed by atoms with Crippen molar-refractivity contribution in [1.29, 1.82) is 0 Å². The average Bonchev–Trinajstić information content (AvgIpc) is 3.19. The van der Waals surface area contributed by atoms with E-state index in [1.54, 1.807) is 6.20 Å². The number of rotatable bonds is 6. The largest absolute Gasteiger partial charge is 0.311 e. The normalized spacial score (nSPS) is 15.1. The van der Waals surface area contributed by atoms with Gasteiger partial charge in [-0.25, -0.2) is 4.68 Å². The number of carbonyl (C=O) groups excluding carboxylic acids is 1. The molecule has 2 aromatic rings. The molecule has 0 atom stereocenters. The predicted molar refractivity (Wildman–Crippen MR) is 87.6 cm³/mol. The van der Waals surface area contributed by atoms with Crippen molar-refractivity contribution < 1.29 is 4.79 Å². The van der Waals surface area contributed by atoms with Crippen LogP contribution in [0.5, 0.6) is 0 Å². The van der Waals surface area contributed by atoms with E-state index in [9.17, 15) is 4.79 Å². The first-order chi connectivity index (χ1) is 10.8. The maximum Gasteiger partial charge on any atom is 0.225 e. The molecule has 0 saturated heterocycles. The van der Waals surface area contributed by atoms with E-state index in [1.807, 2.05) is 28.9 Å². The van der Waals surface area contributed by atoms with Gasteiger partial charge < -0.3 is 5.32 Å². The van der Waals surface area contributed by atoms with Crippen LogP contribution in [0.15, 0.2) is 42.6 Å². The second-order valence-electron chi connectivity index (χ2n) is 6.10. The first-order valence-electron chi connectivity index (χ1n) is 8.17. The summed E-state index contributed by atoms with van der Waals surface area (Å²) in [5.41, 5.74) is 1.17. The first kappa shape index (κ1) is 14.8. The van der Waals surface area contributed by atoms with Crippen molar-refractivity contribution in [3.63, 3.8) is 0 Å². The minimum Gasteiger partial charge on any atom is -0.311 e. The van der Waals surface area contributed by atoms with Crippen molar-refractivity contribution in [2.75, 3.05) is 5.32 Å². The van der Waals surface area contributed by atoms with Crippen molar-refractivity contribution in [2.45, 2.75) is 45.1 Å². The van der Waals surface area contributed by atoms with Gasteiger partial charge in [-0.2, -0.15) is 5.10 Å². The van der Waals surface area contributed by atoms with Crippen molar-refractivity contribution in [3.05, 3.63) is 48.2 Å². The van der Waals surface area contributed by atoms with Crippen molar-refractivity contribution >= 4 is 11.7 Å². The Balaban J connectivity index is 1.54. The number of aromatic nitrogens is 2. The zero-order valence-electron chi connectivity index (χ0n) is 12.9. The molecule has 1 amide bonds. The third-order valence-electron chi connectivity index (χ3n) is 4.41. The van der Waals surface area contributed by atoms with Gasteiger partial charge in [0.25, 0.3) is 0 Å². The smallest absolute Gasteiger partial charge is 0.225 e. The molecule has 0 bridgehead atoms. The number of benzene rings is 1. The lowest BCUT2D eigenvalue weighted by atomic mass is 10.0. The molecule has 0 unspecified atom stereocenters. The number of hydrogen-bond acceptors (Lipinski definition) is 2. The fraction of sp³-hybridized carbons (Fsp3) is 0.444. The third-order valence-corrected chi connectivity index (χ3v) is 4.41. The Morgan fingerprint density at radius 2 is 1.95 bits per heavy atom. The quantitative estimate of drug-likeness (QED) is 0.880. The second kappa shape index (κ2) is 7.25. The van der Waals surface area contributed by atoms with E-state index >= 15 is 0 Å². The van der Waals surface area contributed by atoms with E-state index in [1.165, 1.54) is 31.2 Å². The van der Waals surface area contributed by atoms with Crippen LogP contribution in [0.3, 0.4) is 0 Å². The summed E-state index contributed by atoms with van der Waals surface area (Å²) in [6, 6.07) is 12.0. The van der Waals surface area contributed by atoms with Gasteiger partial charge in [-0.1, -0.05) is 56.0 Å². The van der Waals surface area contributed by atoms with Crippen LogP contribution in [-0.4, -0.2) is 15.7 Å². The van der Waals surface area contributed by atoms with E-state index in [2.05, 4.69) is 22.5 Å². The molecular weight excluding hydrogens is 274 g/mol. The zero-order valence-corrected chi connectivity index (χ0v) is 12.9. The minimum absolute atomic E-state index is 0.0988.